The molecule has 2 aromatic rings. The Morgan fingerprint density at radius 2 is 2.00 bits per heavy atom. The van der Waals surface area contributed by atoms with Crippen molar-refractivity contribution in [2.24, 2.45) is 0 Å². The molecular weight excluding hydrogens is 272 g/mol. The molecule has 3 heteroatoms. The fourth-order valence-electron chi connectivity index (χ4n) is 3.08. The number of fused-ring (bicyclic) bond motifs is 1. The first-order valence-electron chi connectivity index (χ1n) is 8.31. The predicted octanol–water partition coefficient (Wildman–Crippen LogP) is 3.23. The van der Waals surface area contributed by atoms with E-state index in [2.05, 4.69) is 36.5 Å². The number of hydrogen-bond donors (Lipinski definition) is 1. The summed E-state index contributed by atoms with van der Waals surface area (Å²) in [4.78, 5) is 14.8. The fraction of sp³-hybridized carbons (Fsp3) is 0.421. The zero-order chi connectivity index (χ0) is 15.4. The van der Waals surface area contributed by atoms with Crippen LogP contribution in [-0.2, 0) is 6.42 Å². The molecule has 0 spiro atoms. The molecule has 1 heterocycles. The van der Waals surface area contributed by atoms with Gasteiger partial charge in [0.05, 0.1) is 0 Å². The lowest BCUT2D eigenvalue weighted by atomic mass is 9.98. The van der Waals surface area contributed by atoms with Crippen LogP contribution in [0.25, 0.3) is 10.8 Å². The van der Waals surface area contributed by atoms with Gasteiger partial charge in [-0.15, -0.1) is 0 Å². The van der Waals surface area contributed by atoms with Crippen LogP contribution in [0.1, 0.15) is 35.7 Å². The molecule has 3 nitrogen and oxygen atoms in total. The summed E-state index contributed by atoms with van der Waals surface area (Å²) in [6, 6.07) is 12.6. The van der Waals surface area contributed by atoms with Gasteiger partial charge in [0, 0.05) is 31.7 Å². The minimum atomic E-state index is 0.166. The van der Waals surface area contributed by atoms with Crippen LogP contribution in [0.4, 0.5) is 0 Å². The number of aryl methyl sites for hydroxylation is 1. The third-order valence-electron chi connectivity index (χ3n) is 4.40. The number of unbranched alkanes of at least 4 members (excludes halogenated alkanes) is 1. The summed E-state index contributed by atoms with van der Waals surface area (Å²) in [6.45, 7) is 5.58. The molecule has 1 amide bonds. The zero-order valence-corrected chi connectivity index (χ0v) is 13.3. The normalized spacial score (nSPS) is 15.2. The quantitative estimate of drug-likeness (QED) is 0.939. The molecule has 1 aliphatic rings. The van der Waals surface area contributed by atoms with Gasteiger partial charge >= 0.3 is 0 Å². The van der Waals surface area contributed by atoms with E-state index < -0.39 is 0 Å². The van der Waals surface area contributed by atoms with Crippen LogP contribution in [-0.4, -0.2) is 37.0 Å². The van der Waals surface area contributed by atoms with E-state index in [-0.39, 0.29) is 5.91 Å². The van der Waals surface area contributed by atoms with Crippen LogP contribution in [0.5, 0.6) is 0 Å². The topological polar surface area (TPSA) is 32.3 Å². The number of rotatable bonds is 4. The van der Waals surface area contributed by atoms with E-state index in [1.807, 2.05) is 17.0 Å². The van der Waals surface area contributed by atoms with Crippen molar-refractivity contribution in [3.8, 4) is 0 Å². The van der Waals surface area contributed by atoms with Gasteiger partial charge in [-0.1, -0.05) is 43.7 Å². The highest BCUT2D eigenvalue weighted by Gasteiger charge is 2.19. The molecule has 1 fully saturated rings. The van der Waals surface area contributed by atoms with Gasteiger partial charge in [0.15, 0.2) is 0 Å². The Bertz CT molecular complexity index is 660. The molecule has 1 saturated heterocycles. The molecule has 0 radical (unpaired) electrons. The molecule has 0 aliphatic carbocycles. The monoisotopic (exact) mass is 296 g/mol. The molecule has 0 unspecified atom stereocenters. The molecule has 1 N–H and O–H groups in total. The van der Waals surface area contributed by atoms with Gasteiger partial charge in [-0.2, -0.15) is 0 Å². The summed E-state index contributed by atoms with van der Waals surface area (Å²) < 4.78 is 0. The van der Waals surface area contributed by atoms with Crippen molar-refractivity contribution in [3.63, 3.8) is 0 Å². The van der Waals surface area contributed by atoms with Crippen LogP contribution in [0.3, 0.4) is 0 Å². The van der Waals surface area contributed by atoms with Gasteiger partial charge in [0.25, 0.3) is 5.91 Å². The maximum atomic E-state index is 12.8. The number of carbonyl (C=O) groups is 1. The van der Waals surface area contributed by atoms with Gasteiger partial charge in [-0.05, 0) is 35.2 Å². The van der Waals surface area contributed by atoms with Crippen LogP contribution in [0.15, 0.2) is 36.4 Å². The summed E-state index contributed by atoms with van der Waals surface area (Å²) in [7, 11) is 0. The lowest BCUT2D eigenvalue weighted by Crippen LogP contribution is -2.46. The summed E-state index contributed by atoms with van der Waals surface area (Å²) >= 11 is 0. The van der Waals surface area contributed by atoms with Crippen molar-refractivity contribution < 1.29 is 4.79 Å². The molecule has 0 bridgehead atoms. The first kappa shape index (κ1) is 15.0. The first-order chi connectivity index (χ1) is 10.8. The van der Waals surface area contributed by atoms with Crippen molar-refractivity contribution in [1.29, 1.82) is 0 Å². The fourth-order valence-corrected chi connectivity index (χ4v) is 3.08. The molecule has 0 atom stereocenters. The number of benzene rings is 2. The lowest BCUT2D eigenvalue weighted by Gasteiger charge is -2.28. The number of nitrogens with zero attached hydrogens (tertiary/aromatic N) is 1. The van der Waals surface area contributed by atoms with E-state index in [9.17, 15) is 4.79 Å². The molecule has 116 valence electrons. The Hall–Kier alpha value is -1.87. The minimum absolute atomic E-state index is 0.166. The average Bonchev–Trinajstić information content (AvgIpc) is 2.59. The molecule has 3 rings (SSSR count). The van der Waals surface area contributed by atoms with Crippen molar-refractivity contribution in [3.05, 3.63) is 47.5 Å². The highest BCUT2D eigenvalue weighted by atomic mass is 16.2. The summed E-state index contributed by atoms with van der Waals surface area (Å²) in [6.07, 6.45) is 3.47. The lowest BCUT2D eigenvalue weighted by molar-refractivity contribution is 0.0738. The van der Waals surface area contributed by atoms with E-state index in [0.717, 1.165) is 48.9 Å². The Labute approximate surface area is 132 Å². The maximum absolute atomic E-state index is 12.8. The Morgan fingerprint density at radius 1 is 1.18 bits per heavy atom. The molecule has 22 heavy (non-hydrogen) atoms. The largest absolute Gasteiger partial charge is 0.336 e. The maximum Gasteiger partial charge on any atom is 0.254 e. The smallest absolute Gasteiger partial charge is 0.254 e. The number of hydrogen-bond acceptors (Lipinski definition) is 2. The standard InChI is InChI=1S/C19H24N2O/c1-2-3-5-15-8-9-16-6-4-7-17(18(16)14-15)19(22)21-12-10-20-11-13-21/h4,6-9,14,20H,2-3,5,10-13H2,1H3. The highest BCUT2D eigenvalue weighted by Crippen LogP contribution is 2.23. The van der Waals surface area contributed by atoms with Crippen molar-refractivity contribution >= 4 is 16.7 Å². The third-order valence-corrected chi connectivity index (χ3v) is 4.40. The van der Waals surface area contributed by atoms with Gasteiger partial charge < -0.3 is 10.2 Å². The highest BCUT2D eigenvalue weighted by molar-refractivity contribution is 6.07. The third kappa shape index (κ3) is 3.14. The van der Waals surface area contributed by atoms with Gasteiger partial charge in [-0.25, -0.2) is 0 Å². The van der Waals surface area contributed by atoms with Crippen LogP contribution in [0, 0.1) is 0 Å². The average molecular weight is 296 g/mol. The summed E-state index contributed by atoms with van der Waals surface area (Å²) in [5, 5.41) is 5.55. The number of carbonyl (C=O) groups excluding carboxylic acids is 1. The summed E-state index contributed by atoms with van der Waals surface area (Å²) in [5.74, 6) is 0.166. The molecule has 0 saturated carbocycles. The van der Waals surface area contributed by atoms with Crippen LogP contribution >= 0.6 is 0 Å². The first-order valence-corrected chi connectivity index (χ1v) is 8.31. The van der Waals surface area contributed by atoms with Gasteiger partial charge in [0.1, 0.15) is 0 Å². The number of nitrogens with one attached hydrogen (secondary N) is 1. The molecule has 2 aromatic carbocycles. The Balaban J connectivity index is 1.95. The van der Waals surface area contributed by atoms with Crippen molar-refractivity contribution in [2.45, 2.75) is 26.2 Å². The second-order valence-electron chi connectivity index (χ2n) is 6.01. The van der Waals surface area contributed by atoms with Crippen LogP contribution < -0.4 is 5.32 Å². The van der Waals surface area contributed by atoms with E-state index in [1.165, 1.54) is 18.4 Å². The second kappa shape index (κ2) is 6.93. The van der Waals surface area contributed by atoms with E-state index in [0.29, 0.717) is 0 Å². The second-order valence-corrected chi connectivity index (χ2v) is 6.01. The SMILES string of the molecule is CCCCc1ccc2cccc(C(=O)N3CCNCC3)c2c1. The predicted molar refractivity (Wildman–Crippen MR) is 91.3 cm³/mol. The Morgan fingerprint density at radius 3 is 2.77 bits per heavy atom. The molecule has 1 aliphatic heterocycles. The van der Waals surface area contributed by atoms with E-state index >= 15 is 0 Å². The summed E-state index contributed by atoms with van der Waals surface area (Å²) in [5.41, 5.74) is 2.17. The Kier molecular flexibility index (Phi) is 4.74. The molecular formula is C19H24N2O. The van der Waals surface area contributed by atoms with E-state index in [4.69, 9.17) is 0 Å². The van der Waals surface area contributed by atoms with Gasteiger partial charge in [-0.3, -0.25) is 4.79 Å². The number of piperazine rings is 1. The van der Waals surface area contributed by atoms with Crippen LogP contribution in [0.2, 0.25) is 0 Å². The van der Waals surface area contributed by atoms with Crippen molar-refractivity contribution in [2.75, 3.05) is 26.2 Å². The van der Waals surface area contributed by atoms with E-state index in [1.54, 1.807) is 0 Å². The van der Waals surface area contributed by atoms with Crippen molar-refractivity contribution in [1.82, 2.24) is 10.2 Å². The molecule has 0 aromatic heterocycles. The van der Waals surface area contributed by atoms with Gasteiger partial charge in [0.2, 0.25) is 0 Å². The number of amides is 1. The zero-order valence-electron chi connectivity index (χ0n) is 13.3. The minimum Gasteiger partial charge on any atom is -0.336 e.